The molecule has 164 valence electrons. The molecule has 1 aliphatic rings. The van der Waals surface area contributed by atoms with E-state index < -0.39 is 17.7 Å². The van der Waals surface area contributed by atoms with Crippen LogP contribution in [-0.4, -0.2) is 65.4 Å². The second-order valence-corrected chi connectivity index (χ2v) is 7.80. The molecule has 1 N–H and O–H groups in total. The molecule has 0 radical (unpaired) electrons. The van der Waals surface area contributed by atoms with Crippen molar-refractivity contribution in [3.8, 4) is 5.75 Å². The van der Waals surface area contributed by atoms with E-state index in [1.807, 2.05) is 19.0 Å². The highest BCUT2D eigenvalue weighted by Crippen LogP contribution is 2.39. The van der Waals surface area contributed by atoms with Gasteiger partial charge in [0.25, 0.3) is 11.7 Å². The van der Waals surface area contributed by atoms with Crippen molar-refractivity contribution in [1.82, 2.24) is 14.8 Å². The Morgan fingerprint density at radius 2 is 1.81 bits per heavy atom. The van der Waals surface area contributed by atoms with Crippen LogP contribution < -0.4 is 4.74 Å². The number of pyridine rings is 1. The van der Waals surface area contributed by atoms with Crippen molar-refractivity contribution < 1.29 is 19.4 Å². The van der Waals surface area contributed by atoms with Crippen LogP contribution in [0, 0.1) is 0 Å². The highest BCUT2D eigenvalue weighted by atomic mass is 16.5. The Kier molecular flexibility index (Phi) is 7.41. The van der Waals surface area contributed by atoms with Crippen molar-refractivity contribution >= 4 is 17.4 Å². The SMILES string of the molecule is CCCCOc1ccc(C(O)=C2C(=O)C(=O)N(CCN(C)C)[C@H]2c2ccncc2)cc1. The number of ketones is 1. The number of ether oxygens (including phenoxy) is 1. The van der Waals surface area contributed by atoms with Crippen LogP contribution in [-0.2, 0) is 9.59 Å². The lowest BCUT2D eigenvalue weighted by Crippen LogP contribution is -2.35. The highest BCUT2D eigenvalue weighted by Gasteiger charge is 2.45. The average molecular weight is 424 g/mol. The van der Waals surface area contributed by atoms with Gasteiger partial charge < -0.3 is 19.6 Å². The van der Waals surface area contributed by atoms with Gasteiger partial charge in [-0.2, -0.15) is 0 Å². The molecule has 31 heavy (non-hydrogen) atoms. The zero-order valence-electron chi connectivity index (χ0n) is 18.2. The van der Waals surface area contributed by atoms with E-state index in [4.69, 9.17) is 4.74 Å². The molecular weight excluding hydrogens is 394 g/mol. The molecule has 2 heterocycles. The molecule has 1 amide bonds. The van der Waals surface area contributed by atoms with Gasteiger partial charge in [0.1, 0.15) is 11.5 Å². The molecule has 2 aromatic rings. The van der Waals surface area contributed by atoms with Gasteiger partial charge in [-0.25, -0.2) is 0 Å². The summed E-state index contributed by atoms with van der Waals surface area (Å²) >= 11 is 0. The predicted molar refractivity (Wildman–Crippen MR) is 119 cm³/mol. The first-order valence-corrected chi connectivity index (χ1v) is 10.5. The minimum absolute atomic E-state index is 0.0922. The fourth-order valence-electron chi connectivity index (χ4n) is 3.51. The predicted octanol–water partition coefficient (Wildman–Crippen LogP) is 3.24. The van der Waals surface area contributed by atoms with Crippen molar-refractivity contribution in [3.05, 3.63) is 65.5 Å². The number of Topliss-reactive ketones (excluding diaryl/α,β-unsaturated/α-hetero) is 1. The highest BCUT2D eigenvalue weighted by molar-refractivity contribution is 6.46. The minimum Gasteiger partial charge on any atom is -0.507 e. The van der Waals surface area contributed by atoms with Gasteiger partial charge in [-0.15, -0.1) is 0 Å². The number of carbonyl (C=O) groups is 2. The Hall–Kier alpha value is -3.19. The Labute approximate surface area is 183 Å². The molecule has 0 spiro atoms. The van der Waals surface area contributed by atoms with Crippen molar-refractivity contribution in [2.45, 2.75) is 25.8 Å². The van der Waals surface area contributed by atoms with Crippen molar-refractivity contribution in [2.24, 2.45) is 0 Å². The molecule has 0 unspecified atom stereocenters. The summed E-state index contributed by atoms with van der Waals surface area (Å²) in [6.45, 7) is 3.68. The summed E-state index contributed by atoms with van der Waals surface area (Å²) < 4.78 is 5.67. The number of hydrogen-bond donors (Lipinski definition) is 1. The van der Waals surface area contributed by atoms with E-state index >= 15 is 0 Å². The van der Waals surface area contributed by atoms with E-state index in [0.29, 0.717) is 31.0 Å². The van der Waals surface area contributed by atoms with E-state index in [1.54, 1.807) is 48.8 Å². The number of unbranched alkanes of at least 4 members (excludes halogenated alkanes) is 1. The number of carbonyl (C=O) groups excluding carboxylic acids is 2. The number of aliphatic hydroxyl groups excluding tert-OH is 1. The van der Waals surface area contributed by atoms with Crippen LogP contribution in [0.5, 0.6) is 5.75 Å². The maximum Gasteiger partial charge on any atom is 0.295 e. The molecule has 0 bridgehead atoms. The molecule has 1 atom stereocenters. The Morgan fingerprint density at radius 3 is 2.42 bits per heavy atom. The average Bonchev–Trinajstić information content (AvgIpc) is 3.03. The summed E-state index contributed by atoms with van der Waals surface area (Å²) in [6, 6.07) is 9.78. The summed E-state index contributed by atoms with van der Waals surface area (Å²) in [5, 5.41) is 11.1. The molecule has 1 aromatic carbocycles. The van der Waals surface area contributed by atoms with Gasteiger partial charge in [0.15, 0.2) is 0 Å². The zero-order chi connectivity index (χ0) is 22.4. The van der Waals surface area contributed by atoms with E-state index in [0.717, 1.165) is 18.4 Å². The van der Waals surface area contributed by atoms with Gasteiger partial charge in [0, 0.05) is 31.0 Å². The van der Waals surface area contributed by atoms with Crippen LogP contribution in [0.3, 0.4) is 0 Å². The van der Waals surface area contributed by atoms with Crippen molar-refractivity contribution in [2.75, 3.05) is 33.8 Å². The normalized spacial score (nSPS) is 18.1. The van der Waals surface area contributed by atoms with Crippen LogP contribution in [0.1, 0.15) is 36.9 Å². The van der Waals surface area contributed by atoms with Gasteiger partial charge in [-0.3, -0.25) is 14.6 Å². The molecule has 1 aliphatic heterocycles. The number of likely N-dealkylation sites (tertiary alicyclic amines) is 1. The van der Waals surface area contributed by atoms with Gasteiger partial charge in [0.05, 0.1) is 18.2 Å². The van der Waals surface area contributed by atoms with Gasteiger partial charge in [-0.05, 0) is 62.5 Å². The fourth-order valence-corrected chi connectivity index (χ4v) is 3.51. The standard InChI is InChI=1S/C24H29N3O4/c1-4-5-16-31-19-8-6-18(7-9-19)22(28)20-21(17-10-12-25-13-11-17)27(15-14-26(2)3)24(30)23(20)29/h6-13,21,28H,4-5,14-16H2,1-3H3/t21-/m0/s1. The second kappa shape index (κ2) is 10.2. The molecule has 1 fully saturated rings. The number of aromatic nitrogens is 1. The van der Waals surface area contributed by atoms with Crippen LogP contribution >= 0.6 is 0 Å². The van der Waals surface area contributed by atoms with E-state index in [9.17, 15) is 14.7 Å². The lowest BCUT2D eigenvalue weighted by molar-refractivity contribution is -0.140. The monoisotopic (exact) mass is 423 g/mol. The van der Waals surface area contributed by atoms with E-state index in [2.05, 4.69) is 11.9 Å². The van der Waals surface area contributed by atoms with Crippen molar-refractivity contribution in [3.63, 3.8) is 0 Å². The van der Waals surface area contributed by atoms with Crippen LogP contribution in [0.2, 0.25) is 0 Å². The summed E-state index contributed by atoms with van der Waals surface area (Å²) in [5.74, 6) is -0.777. The Morgan fingerprint density at radius 1 is 1.13 bits per heavy atom. The fraction of sp³-hybridized carbons (Fsp3) is 0.375. The number of nitrogens with zero attached hydrogens (tertiary/aromatic N) is 3. The van der Waals surface area contributed by atoms with Crippen LogP contribution in [0.25, 0.3) is 5.76 Å². The molecule has 0 saturated carbocycles. The number of likely N-dealkylation sites (N-methyl/N-ethyl adjacent to an activating group) is 1. The first-order chi connectivity index (χ1) is 14.9. The van der Waals surface area contributed by atoms with Crippen LogP contribution in [0.15, 0.2) is 54.4 Å². The molecule has 0 aliphatic carbocycles. The van der Waals surface area contributed by atoms with E-state index in [1.165, 1.54) is 4.90 Å². The smallest absolute Gasteiger partial charge is 0.295 e. The summed E-state index contributed by atoms with van der Waals surface area (Å²) in [4.78, 5) is 33.3. The lowest BCUT2D eigenvalue weighted by atomic mass is 9.96. The maximum absolute atomic E-state index is 12.9. The number of hydrogen-bond acceptors (Lipinski definition) is 6. The first-order valence-electron chi connectivity index (χ1n) is 10.5. The molecule has 1 aromatic heterocycles. The third-order valence-electron chi connectivity index (χ3n) is 5.24. The molecule has 7 heteroatoms. The quantitative estimate of drug-likeness (QED) is 0.289. The number of aliphatic hydroxyl groups is 1. The third-order valence-corrected chi connectivity index (χ3v) is 5.24. The zero-order valence-corrected chi connectivity index (χ0v) is 18.2. The van der Waals surface area contributed by atoms with Gasteiger partial charge in [-0.1, -0.05) is 13.3 Å². The number of benzene rings is 1. The van der Waals surface area contributed by atoms with Crippen LogP contribution in [0.4, 0.5) is 0 Å². The molecule has 3 rings (SSSR count). The first kappa shape index (κ1) is 22.5. The lowest BCUT2D eigenvalue weighted by Gasteiger charge is -2.26. The molecule has 1 saturated heterocycles. The second-order valence-electron chi connectivity index (χ2n) is 7.80. The largest absolute Gasteiger partial charge is 0.507 e. The minimum atomic E-state index is -0.679. The van der Waals surface area contributed by atoms with Gasteiger partial charge >= 0.3 is 0 Å². The third kappa shape index (κ3) is 5.11. The molecule has 7 nitrogen and oxygen atoms in total. The van der Waals surface area contributed by atoms with E-state index in [-0.39, 0.29) is 11.3 Å². The topological polar surface area (TPSA) is 83.0 Å². The maximum atomic E-state index is 12.9. The summed E-state index contributed by atoms with van der Waals surface area (Å²) in [6.07, 6.45) is 5.24. The number of rotatable bonds is 9. The van der Waals surface area contributed by atoms with Gasteiger partial charge in [0.2, 0.25) is 0 Å². The summed E-state index contributed by atoms with van der Waals surface area (Å²) in [7, 11) is 3.81. The summed E-state index contributed by atoms with van der Waals surface area (Å²) in [5.41, 5.74) is 1.29. The Bertz CT molecular complexity index is 939. The van der Waals surface area contributed by atoms with Crippen molar-refractivity contribution in [1.29, 1.82) is 0 Å². The number of amides is 1. The Balaban J connectivity index is 1.98. The molecular formula is C24H29N3O4.